The number of benzene rings is 1. The summed E-state index contributed by atoms with van der Waals surface area (Å²) < 4.78 is 0. The first kappa shape index (κ1) is 13.7. The molecule has 0 fully saturated rings. The van der Waals surface area contributed by atoms with Gasteiger partial charge in [0.2, 0.25) is 0 Å². The third-order valence-corrected chi connectivity index (χ3v) is 2.22. The minimum atomic E-state index is -0.187. The Morgan fingerprint density at radius 2 is 1.22 bits per heavy atom. The Labute approximate surface area is 106 Å². The fourth-order valence-corrected chi connectivity index (χ4v) is 1.31. The molecule has 0 radical (unpaired) electrons. The van der Waals surface area contributed by atoms with Gasteiger partial charge in [0.1, 0.15) is 0 Å². The second-order valence-electron chi connectivity index (χ2n) is 3.57. The summed E-state index contributed by atoms with van der Waals surface area (Å²) in [6, 6.07) is 6.45. The molecule has 0 heterocycles. The molecule has 0 unspecified atom stereocenters. The molecule has 4 heteroatoms. The van der Waals surface area contributed by atoms with Crippen LogP contribution in [0.2, 0.25) is 0 Å². The minimum Gasteiger partial charge on any atom is -0.349 e. The van der Waals surface area contributed by atoms with E-state index in [-0.39, 0.29) is 11.8 Å². The normalized spacial score (nSPS) is 9.33. The van der Waals surface area contributed by atoms with Gasteiger partial charge in [-0.05, 0) is 24.3 Å². The summed E-state index contributed by atoms with van der Waals surface area (Å²) in [6.45, 7) is 7.87. The Morgan fingerprint density at radius 1 is 0.889 bits per heavy atom. The van der Waals surface area contributed by atoms with Gasteiger partial charge in [-0.1, -0.05) is 12.2 Å². The molecule has 0 spiro atoms. The van der Waals surface area contributed by atoms with Gasteiger partial charge in [0.05, 0.1) is 0 Å². The summed E-state index contributed by atoms with van der Waals surface area (Å²) in [4.78, 5) is 23.2. The summed E-state index contributed by atoms with van der Waals surface area (Å²) in [5.74, 6) is -0.374. The van der Waals surface area contributed by atoms with Crippen molar-refractivity contribution >= 4 is 11.8 Å². The topological polar surface area (TPSA) is 58.2 Å². The van der Waals surface area contributed by atoms with Crippen molar-refractivity contribution in [2.75, 3.05) is 13.1 Å². The van der Waals surface area contributed by atoms with E-state index >= 15 is 0 Å². The van der Waals surface area contributed by atoms with Crippen molar-refractivity contribution in [3.63, 3.8) is 0 Å². The maximum Gasteiger partial charge on any atom is 0.251 e. The summed E-state index contributed by atoms with van der Waals surface area (Å²) in [7, 11) is 0. The fraction of sp³-hybridized carbons (Fsp3) is 0.143. The molecular formula is C14H16N2O2. The molecule has 0 saturated carbocycles. The highest BCUT2D eigenvalue weighted by molar-refractivity contribution is 5.97. The van der Waals surface area contributed by atoms with E-state index in [1.165, 1.54) is 0 Å². The van der Waals surface area contributed by atoms with Crippen LogP contribution in [0.15, 0.2) is 49.6 Å². The fourth-order valence-electron chi connectivity index (χ4n) is 1.31. The van der Waals surface area contributed by atoms with Gasteiger partial charge in [-0.3, -0.25) is 9.59 Å². The van der Waals surface area contributed by atoms with Crippen LogP contribution in [0, 0.1) is 0 Å². The SMILES string of the molecule is C=CCNC(=O)c1ccc(C(=O)NCC=C)cc1. The van der Waals surface area contributed by atoms with E-state index in [1.54, 1.807) is 36.4 Å². The molecule has 0 aliphatic heterocycles. The number of hydrogen-bond donors (Lipinski definition) is 2. The van der Waals surface area contributed by atoms with Crippen LogP contribution in [0.25, 0.3) is 0 Å². The van der Waals surface area contributed by atoms with E-state index in [9.17, 15) is 9.59 Å². The van der Waals surface area contributed by atoms with Crippen molar-refractivity contribution in [3.8, 4) is 0 Å². The monoisotopic (exact) mass is 244 g/mol. The van der Waals surface area contributed by atoms with Gasteiger partial charge < -0.3 is 10.6 Å². The van der Waals surface area contributed by atoms with Crippen molar-refractivity contribution in [3.05, 3.63) is 60.7 Å². The summed E-state index contributed by atoms with van der Waals surface area (Å²) in [6.07, 6.45) is 3.21. The smallest absolute Gasteiger partial charge is 0.251 e. The zero-order valence-electron chi connectivity index (χ0n) is 10.1. The van der Waals surface area contributed by atoms with Crippen LogP contribution < -0.4 is 10.6 Å². The van der Waals surface area contributed by atoms with Gasteiger partial charge in [-0.15, -0.1) is 13.2 Å². The summed E-state index contributed by atoms with van der Waals surface area (Å²) >= 11 is 0. The van der Waals surface area contributed by atoms with Crippen LogP contribution in [0.4, 0.5) is 0 Å². The molecule has 0 saturated heterocycles. The van der Waals surface area contributed by atoms with Crippen LogP contribution in [0.3, 0.4) is 0 Å². The second-order valence-corrected chi connectivity index (χ2v) is 3.57. The Balaban J connectivity index is 2.67. The number of amides is 2. The number of nitrogens with one attached hydrogen (secondary N) is 2. The predicted octanol–water partition coefficient (Wildman–Crippen LogP) is 1.52. The van der Waals surface area contributed by atoms with Crippen molar-refractivity contribution in [2.45, 2.75) is 0 Å². The lowest BCUT2D eigenvalue weighted by Crippen LogP contribution is -2.24. The standard InChI is InChI=1S/C14H16N2O2/c1-3-9-15-13(17)11-5-7-12(8-6-11)14(18)16-10-4-2/h3-8H,1-2,9-10H2,(H,15,17)(H,16,18). The van der Waals surface area contributed by atoms with Crippen LogP contribution >= 0.6 is 0 Å². The Kier molecular flexibility index (Phi) is 5.38. The van der Waals surface area contributed by atoms with Crippen molar-refractivity contribution in [1.29, 1.82) is 0 Å². The van der Waals surface area contributed by atoms with Crippen LogP contribution in [0.1, 0.15) is 20.7 Å². The lowest BCUT2D eigenvalue weighted by atomic mass is 10.1. The number of rotatable bonds is 6. The van der Waals surface area contributed by atoms with E-state index in [4.69, 9.17) is 0 Å². The van der Waals surface area contributed by atoms with Crippen molar-refractivity contribution in [2.24, 2.45) is 0 Å². The van der Waals surface area contributed by atoms with Crippen molar-refractivity contribution < 1.29 is 9.59 Å². The van der Waals surface area contributed by atoms with E-state index in [0.29, 0.717) is 24.2 Å². The highest BCUT2D eigenvalue weighted by Gasteiger charge is 2.07. The molecular weight excluding hydrogens is 228 g/mol. The quantitative estimate of drug-likeness (QED) is 0.745. The first-order valence-electron chi connectivity index (χ1n) is 5.57. The van der Waals surface area contributed by atoms with E-state index in [2.05, 4.69) is 23.8 Å². The average molecular weight is 244 g/mol. The molecule has 0 aliphatic carbocycles. The van der Waals surface area contributed by atoms with Gasteiger partial charge in [0.25, 0.3) is 11.8 Å². The lowest BCUT2D eigenvalue weighted by Gasteiger charge is -2.04. The highest BCUT2D eigenvalue weighted by atomic mass is 16.2. The Bertz CT molecular complexity index is 406. The van der Waals surface area contributed by atoms with Gasteiger partial charge in [0, 0.05) is 24.2 Å². The Hall–Kier alpha value is -2.36. The van der Waals surface area contributed by atoms with Crippen molar-refractivity contribution in [1.82, 2.24) is 10.6 Å². The summed E-state index contributed by atoms with van der Waals surface area (Å²) in [5, 5.41) is 5.32. The lowest BCUT2D eigenvalue weighted by molar-refractivity contribution is 0.0946. The van der Waals surface area contributed by atoms with Crippen LogP contribution in [-0.2, 0) is 0 Å². The molecule has 0 atom stereocenters. The second kappa shape index (κ2) is 7.06. The molecule has 1 rings (SSSR count). The van der Waals surface area contributed by atoms with E-state index < -0.39 is 0 Å². The molecule has 2 amide bonds. The average Bonchev–Trinajstić information content (AvgIpc) is 2.42. The van der Waals surface area contributed by atoms with Crippen LogP contribution in [0.5, 0.6) is 0 Å². The summed E-state index contributed by atoms with van der Waals surface area (Å²) in [5.41, 5.74) is 1.02. The number of hydrogen-bond acceptors (Lipinski definition) is 2. The maximum atomic E-state index is 11.6. The highest BCUT2D eigenvalue weighted by Crippen LogP contribution is 2.04. The molecule has 94 valence electrons. The first-order valence-corrected chi connectivity index (χ1v) is 5.57. The minimum absolute atomic E-state index is 0.187. The van der Waals surface area contributed by atoms with Gasteiger partial charge in [-0.25, -0.2) is 0 Å². The molecule has 0 aliphatic rings. The number of carbonyl (C=O) groups is 2. The molecule has 1 aromatic rings. The van der Waals surface area contributed by atoms with Gasteiger partial charge in [-0.2, -0.15) is 0 Å². The molecule has 1 aromatic carbocycles. The predicted molar refractivity (Wildman–Crippen MR) is 71.5 cm³/mol. The molecule has 0 aromatic heterocycles. The van der Waals surface area contributed by atoms with Gasteiger partial charge >= 0.3 is 0 Å². The van der Waals surface area contributed by atoms with E-state index in [1.807, 2.05) is 0 Å². The molecule has 18 heavy (non-hydrogen) atoms. The van der Waals surface area contributed by atoms with Gasteiger partial charge in [0.15, 0.2) is 0 Å². The Morgan fingerprint density at radius 3 is 1.50 bits per heavy atom. The number of carbonyl (C=O) groups excluding carboxylic acids is 2. The van der Waals surface area contributed by atoms with E-state index in [0.717, 1.165) is 0 Å². The van der Waals surface area contributed by atoms with Crippen LogP contribution in [-0.4, -0.2) is 24.9 Å². The largest absolute Gasteiger partial charge is 0.349 e. The molecule has 0 bridgehead atoms. The zero-order valence-corrected chi connectivity index (χ0v) is 10.1. The zero-order chi connectivity index (χ0) is 13.4. The maximum absolute atomic E-state index is 11.6. The first-order chi connectivity index (χ1) is 8.69. The third kappa shape index (κ3) is 3.90. The molecule has 2 N–H and O–H groups in total. The third-order valence-electron chi connectivity index (χ3n) is 2.22. The molecule has 4 nitrogen and oxygen atoms in total.